The summed E-state index contributed by atoms with van der Waals surface area (Å²) in [6.45, 7) is 5.41. The predicted molar refractivity (Wildman–Crippen MR) is 77.0 cm³/mol. The van der Waals surface area contributed by atoms with Crippen LogP contribution in [0.4, 0.5) is 5.95 Å². The molecular formula is C15H27N3. The average molecular weight is 249 g/mol. The van der Waals surface area contributed by atoms with Crippen molar-refractivity contribution in [1.82, 2.24) is 9.55 Å². The summed E-state index contributed by atoms with van der Waals surface area (Å²) in [5.41, 5.74) is 1.13. The lowest BCUT2D eigenvalue weighted by Gasteiger charge is -2.18. The van der Waals surface area contributed by atoms with E-state index in [4.69, 9.17) is 0 Å². The largest absolute Gasteiger partial charge is 0.353 e. The van der Waals surface area contributed by atoms with Crippen LogP contribution in [0.3, 0.4) is 0 Å². The quantitative estimate of drug-likeness (QED) is 0.795. The van der Waals surface area contributed by atoms with E-state index in [-0.39, 0.29) is 0 Å². The number of unbranched alkanes of at least 4 members (excludes halogenated alkanes) is 1. The molecule has 1 aromatic rings. The summed E-state index contributed by atoms with van der Waals surface area (Å²) in [5, 5.41) is 3.67. The molecule has 3 nitrogen and oxygen atoms in total. The minimum atomic E-state index is 0.634. The average Bonchev–Trinajstić information content (AvgIpc) is 2.55. The molecule has 1 heterocycles. The van der Waals surface area contributed by atoms with Crippen LogP contribution in [-0.2, 0) is 6.54 Å². The molecule has 1 saturated carbocycles. The standard InChI is InChI=1S/C15H27N3/c1-3-4-11-18-12-13(2)16-15(18)17-14-9-7-5-6-8-10-14/h12,14H,3-11H2,1-2H3,(H,16,17). The maximum atomic E-state index is 4.64. The molecule has 1 fully saturated rings. The third-order valence-corrected chi connectivity index (χ3v) is 3.84. The fourth-order valence-electron chi connectivity index (χ4n) is 2.77. The van der Waals surface area contributed by atoms with Gasteiger partial charge in [0.05, 0.1) is 5.69 Å². The Balaban J connectivity index is 1.97. The van der Waals surface area contributed by atoms with Crippen LogP contribution in [0.15, 0.2) is 6.20 Å². The first-order valence-electron chi connectivity index (χ1n) is 7.60. The van der Waals surface area contributed by atoms with Gasteiger partial charge in [-0.2, -0.15) is 0 Å². The molecule has 2 rings (SSSR count). The van der Waals surface area contributed by atoms with Crippen molar-refractivity contribution in [2.45, 2.75) is 77.8 Å². The molecule has 1 aromatic heterocycles. The van der Waals surface area contributed by atoms with E-state index < -0.39 is 0 Å². The molecule has 0 unspecified atom stereocenters. The Kier molecular flexibility index (Phi) is 5.09. The molecule has 0 bridgehead atoms. The first-order chi connectivity index (χ1) is 8.79. The van der Waals surface area contributed by atoms with Crippen molar-refractivity contribution in [2.24, 2.45) is 0 Å². The highest BCUT2D eigenvalue weighted by atomic mass is 15.2. The van der Waals surface area contributed by atoms with E-state index in [1.54, 1.807) is 0 Å². The molecular weight excluding hydrogens is 222 g/mol. The minimum absolute atomic E-state index is 0.634. The van der Waals surface area contributed by atoms with Crippen molar-refractivity contribution < 1.29 is 0 Å². The Morgan fingerprint density at radius 1 is 1.28 bits per heavy atom. The molecule has 1 aliphatic carbocycles. The highest BCUT2D eigenvalue weighted by Gasteiger charge is 2.14. The van der Waals surface area contributed by atoms with Gasteiger partial charge >= 0.3 is 0 Å². The number of rotatable bonds is 5. The van der Waals surface area contributed by atoms with E-state index in [9.17, 15) is 0 Å². The van der Waals surface area contributed by atoms with Gasteiger partial charge in [0.25, 0.3) is 0 Å². The Labute approximate surface area is 111 Å². The van der Waals surface area contributed by atoms with Gasteiger partial charge in [-0.1, -0.05) is 39.0 Å². The Morgan fingerprint density at radius 2 is 2.00 bits per heavy atom. The second kappa shape index (κ2) is 6.81. The van der Waals surface area contributed by atoms with Crippen LogP contribution in [0.25, 0.3) is 0 Å². The monoisotopic (exact) mass is 249 g/mol. The van der Waals surface area contributed by atoms with Crippen molar-refractivity contribution in [2.75, 3.05) is 5.32 Å². The van der Waals surface area contributed by atoms with Gasteiger partial charge in [0, 0.05) is 18.8 Å². The lowest BCUT2D eigenvalue weighted by Crippen LogP contribution is -2.21. The molecule has 0 aromatic carbocycles. The molecule has 102 valence electrons. The lowest BCUT2D eigenvalue weighted by atomic mass is 10.1. The summed E-state index contributed by atoms with van der Waals surface area (Å²) >= 11 is 0. The zero-order valence-electron chi connectivity index (χ0n) is 11.9. The summed E-state index contributed by atoms with van der Waals surface area (Å²) in [6.07, 6.45) is 12.8. The van der Waals surface area contributed by atoms with Crippen molar-refractivity contribution in [3.63, 3.8) is 0 Å². The number of aromatic nitrogens is 2. The number of aryl methyl sites for hydroxylation is 2. The van der Waals surface area contributed by atoms with Crippen LogP contribution in [0.5, 0.6) is 0 Å². The van der Waals surface area contributed by atoms with Crippen molar-refractivity contribution >= 4 is 5.95 Å². The smallest absolute Gasteiger partial charge is 0.203 e. The normalized spacial score (nSPS) is 17.7. The second-order valence-electron chi connectivity index (χ2n) is 5.59. The zero-order chi connectivity index (χ0) is 12.8. The van der Waals surface area contributed by atoms with E-state index in [1.165, 1.54) is 51.4 Å². The fourth-order valence-corrected chi connectivity index (χ4v) is 2.77. The highest BCUT2D eigenvalue weighted by molar-refractivity contribution is 5.30. The van der Waals surface area contributed by atoms with Gasteiger partial charge in [-0.15, -0.1) is 0 Å². The third kappa shape index (κ3) is 3.76. The highest BCUT2D eigenvalue weighted by Crippen LogP contribution is 2.21. The molecule has 0 saturated heterocycles. The first-order valence-corrected chi connectivity index (χ1v) is 7.60. The maximum absolute atomic E-state index is 4.64. The van der Waals surface area contributed by atoms with Gasteiger partial charge in [-0.05, 0) is 26.2 Å². The molecule has 0 aliphatic heterocycles. The third-order valence-electron chi connectivity index (χ3n) is 3.84. The molecule has 0 atom stereocenters. The number of hydrogen-bond donors (Lipinski definition) is 1. The molecule has 1 N–H and O–H groups in total. The Bertz CT molecular complexity index is 349. The lowest BCUT2D eigenvalue weighted by molar-refractivity contribution is 0.591. The number of hydrogen-bond acceptors (Lipinski definition) is 2. The van der Waals surface area contributed by atoms with Crippen molar-refractivity contribution in [3.8, 4) is 0 Å². The summed E-state index contributed by atoms with van der Waals surface area (Å²) in [5.74, 6) is 1.09. The van der Waals surface area contributed by atoms with Crippen LogP contribution in [0.1, 0.15) is 64.0 Å². The Hall–Kier alpha value is -0.990. The molecule has 0 radical (unpaired) electrons. The molecule has 0 amide bonds. The van der Waals surface area contributed by atoms with Gasteiger partial charge in [0.2, 0.25) is 5.95 Å². The van der Waals surface area contributed by atoms with Crippen LogP contribution in [0.2, 0.25) is 0 Å². The summed E-state index contributed by atoms with van der Waals surface area (Å²) in [4.78, 5) is 4.64. The van der Waals surface area contributed by atoms with Crippen LogP contribution < -0.4 is 5.32 Å². The van der Waals surface area contributed by atoms with E-state index in [0.29, 0.717) is 6.04 Å². The second-order valence-corrected chi connectivity index (χ2v) is 5.59. The number of anilines is 1. The van der Waals surface area contributed by atoms with Gasteiger partial charge in [-0.25, -0.2) is 4.98 Å². The molecule has 1 aliphatic rings. The van der Waals surface area contributed by atoms with Gasteiger partial charge in [0.1, 0.15) is 0 Å². The van der Waals surface area contributed by atoms with E-state index in [1.807, 2.05) is 0 Å². The van der Waals surface area contributed by atoms with Gasteiger partial charge in [0.15, 0.2) is 0 Å². The molecule has 18 heavy (non-hydrogen) atoms. The first kappa shape index (κ1) is 13.4. The number of nitrogens with one attached hydrogen (secondary N) is 1. The van der Waals surface area contributed by atoms with Crippen molar-refractivity contribution in [1.29, 1.82) is 0 Å². The SMILES string of the molecule is CCCCn1cc(C)nc1NC1CCCCCC1. The van der Waals surface area contributed by atoms with E-state index in [2.05, 4.69) is 34.9 Å². The summed E-state index contributed by atoms with van der Waals surface area (Å²) < 4.78 is 2.30. The van der Waals surface area contributed by atoms with Gasteiger partial charge < -0.3 is 9.88 Å². The van der Waals surface area contributed by atoms with E-state index >= 15 is 0 Å². The van der Waals surface area contributed by atoms with Gasteiger partial charge in [-0.3, -0.25) is 0 Å². The fraction of sp³-hybridized carbons (Fsp3) is 0.800. The van der Waals surface area contributed by atoms with E-state index in [0.717, 1.165) is 18.2 Å². The summed E-state index contributed by atoms with van der Waals surface area (Å²) in [6, 6.07) is 0.634. The van der Waals surface area contributed by atoms with Crippen LogP contribution >= 0.6 is 0 Å². The molecule has 0 spiro atoms. The van der Waals surface area contributed by atoms with Crippen molar-refractivity contribution in [3.05, 3.63) is 11.9 Å². The zero-order valence-corrected chi connectivity index (χ0v) is 11.9. The Morgan fingerprint density at radius 3 is 2.67 bits per heavy atom. The maximum Gasteiger partial charge on any atom is 0.203 e. The summed E-state index contributed by atoms with van der Waals surface area (Å²) in [7, 11) is 0. The molecule has 3 heteroatoms. The topological polar surface area (TPSA) is 29.9 Å². The number of nitrogens with zero attached hydrogens (tertiary/aromatic N) is 2. The van der Waals surface area contributed by atoms with Crippen LogP contribution in [0, 0.1) is 6.92 Å². The van der Waals surface area contributed by atoms with Crippen LogP contribution in [-0.4, -0.2) is 15.6 Å². The minimum Gasteiger partial charge on any atom is -0.353 e. The number of imidazole rings is 1. The predicted octanol–water partition coefficient (Wildman–Crippen LogP) is 4.13.